The Morgan fingerprint density at radius 3 is 2.30 bits per heavy atom. The van der Waals surface area contributed by atoms with E-state index in [4.69, 9.17) is 4.74 Å². The molecule has 8 nitrogen and oxygen atoms in total. The van der Waals surface area contributed by atoms with Crippen LogP contribution in [0, 0.1) is 10.1 Å². The molecule has 1 atom stereocenters. The third-order valence-corrected chi connectivity index (χ3v) is 3.75. The van der Waals surface area contributed by atoms with Crippen LogP contribution in [0.3, 0.4) is 0 Å². The van der Waals surface area contributed by atoms with Crippen LogP contribution in [0.1, 0.15) is 13.8 Å². The maximum atomic E-state index is 12.4. The summed E-state index contributed by atoms with van der Waals surface area (Å²) in [4.78, 5) is 37.4. The van der Waals surface area contributed by atoms with Crippen molar-refractivity contribution in [2.24, 2.45) is 0 Å². The molecule has 0 aliphatic carbocycles. The minimum Gasteiger partial charge on any atom is -0.474 e. The van der Waals surface area contributed by atoms with Crippen LogP contribution < -0.4 is 4.74 Å². The van der Waals surface area contributed by atoms with Gasteiger partial charge in [0.15, 0.2) is 11.9 Å². The molecular weight excluding hydrogens is 302 g/mol. The largest absolute Gasteiger partial charge is 0.474 e. The lowest BCUT2D eigenvalue weighted by molar-refractivity contribution is -0.386. The number of rotatable bonds is 4. The van der Waals surface area contributed by atoms with Gasteiger partial charge in [0.2, 0.25) is 5.91 Å². The Hall–Kier alpha value is -2.64. The fourth-order valence-corrected chi connectivity index (χ4v) is 2.45. The summed E-state index contributed by atoms with van der Waals surface area (Å²) in [5.74, 6) is -0.187. The molecule has 1 fully saturated rings. The van der Waals surface area contributed by atoms with Crippen LogP contribution in [0.2, 0.25) is 0 Å². The molecule has 0 spiro atoms. The molecule has 124 valence electrons. The van der Waals surface area contributed by atoms with Crippen LogP contribution in [-0.2, 0) is 9.59 Å². The van der Waals surface area contributed by atoms with E-state index in [2.05, 4.69) is 0 Å². The summed E-state index contributed by atoms with van der Waals surface area (Å²) in [6.45, 7) is 4.90. The normalized spacial score (nSPS) is 15.9. The first-order chi connectivity index (χ1) is 10.9. The van der Waals surface area contributed by atoms with Gasteiger partial charge in [-0.25, -0.2) is 0 Å². The van der Waals surface area contributed by atoms with Crippen LogP contribution in [0.15, 0.2) is 24.3 Å². The molecule has 0 saturated carbocycles. The van der Waals surface area contributed by atoms with Crippen molar-refractivity contribution >= 4 is 17.5 Å². The number of piperazine rings is 1. The van der Waals surface area contributed by atoms with Gasteiger partial charge in [0.25, 0.3) is 5.91 Å². The van der Waals surface area contributed by atoms with E-state index in [1.165, 1.54) is 19.1 Å². The van der Waals surface area contributed by atoms with Gasteiger partial charge in [0.1, 0.15) is 0 Å². The smallest absolute Gasteiger partial charge is 0.310 e. The lowest BCUT2D eigenvalue weighted by Gasteiger charge is -2.35. The van der Waals surface area contributed by atoms with E-state index < -0.39 is 11.0 Å². The number of ether oxygens (including phenoxy) is 1. The van der Waals surface area contributed by atoms with Crippen LogP contribution in [0.25, 0.3) is 0 Å². The number of nitro benzene ring substituents is 1. The number of para-hydroxylation sites is 2. The molecule has 23 heavy (non-hydrogen) atoms. The van der Waals surface area contributed by atoms with Gasteiger partial charge in [0, 0.05) is 39.2 Å². The second-order valence-corrected chi connectivity index (χ2v) is 5.32. The number of nitrogens with zero attached hydrogens (tertiary/aromatic N) is 3. The first kappa shape index (κ1) is 16.7. The van der Waals surface area contributed by atoms with E-state index >= 15 is 0 Å². The number of amides is 2. The molecule has 1 heterocycles. The topological polar surface area (TPSA) is 93.0 Å². The Balaban J connectivity index is 1.99. The number of carbonyl (C=O) groups is 2. The van der Waals surface area contributed by atoms with E-state index in [0.29, 0.717) is 26.2 Å². The molecule has 0 radical (unpaired) electrons. The maximum Gasteiger partial charge on any atom is 0.310 e. The molecule has 2 amide bonds. The van der Waals surface area contributed by atoms with Crippen LogP contribution in [0.5, 0.6) is 5.75 Å². The van der Waals surface area contributed by atoms with Crippen molar-refractivity contribution in [3.05, 3.63) is 34.4 Å². The highest BCUT2D eigenvalue weighted by Crippen LogP contribution is 2.27. The Labute approximate surface area is 133 Å². The molecular formula is C15H19N3O5. The fraction of sp³-hybridized carbons (Fsp3) is 0.467. The molecule has 1 aliphatic rings. The van der Waals surface area contributed by atoms with Crippen LogP contribution in [-0.4, -0.2) is 58.8 Å². The van der Waals surface area contributed by atoms with E-state index in [0.717, 1.165) is 0 Å². The monoisotopic (exact) mass is 321 g/mol. The molecule has 1 unspecified atom stereocenters. The average Bonchev–Trinajstić information content (AvgIpc) is 2.54. The molecule has 1 aromatic rings. The molecule has 1 saturated heterocycles. The van der Waals surface area contributed by atoms with Gasteiger partial charge in [0.05, 0.1) is 4.92 Å². The summed E-state index contributed by atoms with van der Waals surface area (Å²) in [5.41, 5.74) is -0.173. The third-order valence-electron chi connectivity index (χ3n) is 3.75. The molecule has 1 aliphatic heterocycles. The predicted molar refractivity (Wildman–Crippen MR) is 82.0 cm³/mol. The Morgan fingerprint density at radius 1 is 1.17 bits per heavy atom. The second kappa shape index (κ2) is 7.08. The van der Waals surface area contributed by atoms with Crippen molar-refractivity contribution in [2.75, 3.05) is 26.2 Å². The SMILES string of the molecule is CC(=O)N1CCN(C(=O)C(C)Oc2ccccc2[N+](=O)[O-])CC1. The molecule has 8 heteroatoms. The number of benzene rings is 1. The first-order valence-electron chi connectivity index (χ1n) is 7.34. The zero-order valence-corrected chi connectivity index (χ0v) is 13.1. The van der Waals surface area contributed by atoms with E-state index in [1.54, 1.807) is 28.9 Å². The van der Waals surface area contributed by atoms with Crippen molar-refractivity contribution in [3.8, 4) is 5.75 Å². The standard InChI is InChI=1S/C15H19N3O5/c1-11(23-14-6-4-3-5-13(14)18(21)22)15(20)17-9-7-16(8-10-17)12(2)19/h3-6,11H,7-10H2,1-2H3. The highest BCUT2D eigenvalue weighted by Gasteiger charge is 2.28. The quantitative estimate of drug-likeness (QED) is 0.610. The van der Waals surface area contributed by atoms with E-state index in [9.17, 15) is 19.7 Å². The van der Waals surface area contributed by atoms with Gasteiger partial charge in [-0.1, -0.05) is 12.1 Å². The van der Waals surface area contributed by atoms with Gasteiger partial charge < -0.3 is 14.5 Å². The van der Waals surface area contributed by atoms with E-state index in [-0.39, 0.29) is 23.3 Å². The highest BCUT2D eigenvalue weighted by atomic mass is 16.6. The Morgan fingerprint density at radius 2 is 1.74 bits per heavy atom. The molecule has 0 bridgehead atoms. The average molecular weight is 321 g/mol. The van der Waals surface area contributed by atoms with Crippen LogP contribution in [0.4, 0.5) is 5.69 Å². The summed E-state index contributed by atoms with van der Waals surface area (Å²) in [5, 5.41) is 11.0. The second-order valence-electron chi connectivity index (χ2n) is 5.32. The predicted octanol–water partition coefficient (Wildman–Crippen LogP) is 1.05. The lowest BCUT2D eigenvalue weighted by atomic mass is 10.2. The number of nitro groups is 1. The van der Waals surface area contributed by atoms with Crippen molar-refractivity contribution < 1.29 is 19.2 Å². The summed E-state index contributed by atoms with van der Waals surface area (Å²) in [6.07, 6.45) is -0.833. The number of carbonyl (C=O) groups excluding carboxylic acids is 2. The summed E-state index contributed by atoms with van der Waals surface area (Å²) in [6, 6.07) is 5.96. The maximum absolute atomic E-state index is 12.4. The van der Waals surface area contributed by atoms with Gasteiger partial charge >= 0.3 is 5.69 Å². The third kappa shape index (κ3) is 3.97. The lowest BCUT2D eigenvalue weighted by Crippen LogP contribution is -2.52. The number of hydrogen-bond donors (Lipinski definition) is 0. The Bertz CT molecular complexity index is 611. The minimum absolute atomic E-state index is 0.0127. The van der Waals surface area contributed by atoms with Crippen molar-refractivity contribution in [3.63, 3.8) is 0 Å². The summed E-state index contributed by atoms with van der Waals surface area (Å²) < 4.78 is 5.48. The van der Waals surface area contributed by atoms with Crippen LogP contribution >= 0.6 is 0 Å². The summed E-state index contributed by atoms with van der Waals surface area (Å²) >= 11 is 0. The minimum atomic E-state index is -0.833. The Kier molecular flexibility index (Phi) is 5.15. The van der Waals surface area contributed by atoms with Gasteiger partial charge in [-0.3, -0.25) is 19.7 Å². The first-order valence-corrected chi connectivity index (χ1v) is 7.34. The van der Waals surface area contributed by atoms with Gasteiger partial charge in [-0.15, -0.1) is 0 Å². The van der Waals surface area contributed by atoms with Crippen molar-refractivity contribution in [1.29, 1.82) is 0 Å². The molecule has 1 aromatic carbocycles. The van der Waals surface area contributed by atoms with Crippen molar-refractivity contribution in [1.82, 2.24) is 9.80 Å². The van der Waals surface area contributed by atoms with Crippen molar-refractivity contribution in [2.45, 2.75) is 20.0 Å². The van der Waals surface area contributed by atoms with Gasteiger partial charge in [-0.05, 0) is 13.0 Å². The zero-order valence-electron chi connectivity index (χ0n) is 13.1. The van der Waals surface area contributed by atoms with E-state index in [1.807, 2.05) is 0 Å². The summed E-state index contributed by atoms with van der Waals surface area (Å²) in [7, 11) is 0. The zero-order chi connectivity index (χ0) is 17.0. The highest BCUT2D eigenvalue weighted by molar-refractivity contribution is 5.81. The molecule has 2 rings (SSSR count). The fourth-order valence-electron chi connectivity index (χ4n) is 2.45. The molecule has 0 N–H and O–H groups in total. The van der Waals surface area contributed by atoms with Gasteiger partial charge in [-0.2, -0.15) is 0 Å². The molecule has 0 aromatic heterocycles. The number of hydrogen-bond acceptors (Lipinski definition) is 5.